The van der Waals surface area contributed by atoms with Crippen molar-refractivity contribution < 1.29 is 14.7 Å². The van der Waals surface area contributed by atoms with Crippen molar-refractivity contribution in [1.29, 1.82) is 0 Å². The maximum Gasteiger partial charge on any atom is 0.308 e. The van der Waals surface area contributed by atoms with Gasteiger partial charge < -0.3 is 10.0 Å². The number of carboxylic acid groups (broad SMARTS) is 1. The van der Waals surface area contributed by atoms with Crippen LogP contribution in [0.1, 0.15) is 38.7 Å². The van der Waals surface area contributed by atoms with Crippen LogP contribution in [0.4, 0.5) is 0 Å². The summed E-state index contributed by atoms with van der Waals surface area (Å²) in [4.78, 5) is 25.6. The van der Waals surface area contributed by atoms with Crippen molar-refractivity contribution in [1.82, 2.24) is 4.90 Å². The van der Waals surface area contributed by atoms with E-state index >= 15 is 0 Å². The van der Waals surface area contributed by atoms with E-state index in [4.69, 9.17) is 11.6 Å². The summed E-state index contributed by atoms with van der Waals surface area (Å²) >= 11 is 5.89. The summed E-state index contributed by atoms with van der Waals surface area (Å²) in [5.74, 6) is -1.58. The number of halogens is 1. The number of nitrogens with zero attached hydrogens (tertiary/aromatic N) is 1. The molecule has 0 unspecified atom stereocenters. The molecule has 0 aliphatic carbocycles. The lowest BCUT2D eigenvalue weighted by molar-refractivity contribution is -0.141. The quantitative estimate of drug-likeness (QED) is 0.927. The van der Waals surface area contributed by atoms with E-state index < -0.39 is 11.9 Å². The molecule has 1 aromatic carbocycles. The molecule has 1 amide bonds. The fraction of sp³-hybridized carbons (Fsp3) is 0.529. The van der Waals surface area contributed by atoms with Crippen molar-refractivity contribution in [2.45, 2.75) is 33.1 Å². The van der Waals surface area contributed by atoms with Crippen molar-refractivity contribution in [3.8, 4) is 0 Å². The number of carbonyl (C=O) groups excluding carboxylic acids is 1. The SMILES string of the molecule is CC(C)(C)CC(=O)N1C[C@@H](C(=O)O)[C@H](c2ccc(Cl)cc2)C1. The third-order valence-electron chi connectivity index (χ3n) is 3.97. The third-order valence-corrected chi connectivity index (χ3v) is 4.22. The summed E-state index contributed by atoms with van der Waals surface area (Å²) in [6.45, 7) is 6.75. The van der Waals surface area contributed by atoms with Crippen molar-refractivity contribution in [3.63, 3.8) is 0 Å². The fourth-order valence-electron chi connectivity index (χ4n) is 2.87. The summed E-state index contributed by atoms with van der Waals surface area (Å²) in [5.41, 5.74) is 0.816. The molecule has 1 N–H and O–H groups in total. The molecule has 22 heavy (non-hydrogen) atoms. The molecule has 1 aromatic rings. The van der Waals surface area contributed by atoms with E-state index in [0.717, 1.165) is 5.56 Å². The van der Waals surface area contributed by atoms with Gasteiger partial charge in [0.1, 0.15) is 0 Å². The first-order valence-electron chi connectivity index (χ1n) is 7.43. The minimum absolute atomic E-state index is 0.0233. The van der Waals surface area contributed by atoms with E-state index in [1.807, 2.05) is 32.9 Å². The number of hydrogen-bond acceptors (Lipinski definition) is 2. The Bertz CT molecular complexity index is 562. The van der Waals surface area contributed by atoms with E-state index in [9.17, 15) is 14.7 Å². The molecule has 4 nitrogen and oxygen atoms in total. The molecule has 1 aliphatic heterocycles. The predicted octanol–water partition coefficient (Wildman–Crippen LogP) is 3.40. The van der Waals surface area contributed by atoms with Crippen LogP contribution in [-0.4, -0.2) is 35.0 Å². The first-order chi connectivity index (χ1) is 10.2. The minimum Gasteiger partial charge on any atom is -0.481 e. The Morgan fingerprint density at radius 3 is 2.32 bits per heavy atom. The number of likely N-dealkylation sites (tertiary alicyclic amines) is 1. The van der Waals surface area contributed by atoms with Crippen molar-refractivity contribution in [2.75, 3.05) is 13.1 Å². The Kier molecular flexibility index (Phi) is 4.81. The molecule has 1 heterocycles. The van der Waals surface area contributed by atoms with Gasteiger partial charge in [-0.15, -0.1) is 0 Å². The zero-order valence-corrected chi connectivity index (χ0v) is 13.9. The van der Waals surface area contributed by atoms with Gasteiger partial charge in [-0.05, 0) is 23.1 Å². The van der Waals surface area contributed by atoms with E-state index in [0.29, 0.717) is 18.0 Å². The maximum absolute atomic E-state index is 12.4. The Hall–Kier alpha value is -1.55. The zero-order valence-electron chi connectivity index (χ0n) is 13.2. The molecule has 0 saturated carbocycles. The standard InChI is InChI=1S/C17H22ClNO3/c1-17(2,3)8-15(20)19-9-13(14(10-19)16(21)22)11-4-6-12(18)7-5-11/h4-7,13-14H,8-10H2,1-3H3,(H,21,22)/t13-,14+/m0/s1. The monoisotopic (exact) mass is 323 g/mol. The minimum atomic E-state index is -0.856. The van der Waals surface area contributed by atoms with Gasteiger partial charge in [0, 0.05) is 30.5 Å². The molecule has 2 rings (SSSR count). The third kappa shape index (κ3) is 4.01. The van der Waals surface area contributed by atoms with Crippen molar-refractivity contribution >= 4 is 23.5 Å². The highest BCUT2D eigenvalue weighted by molar-refractivity contribution is 6.30. The smallest absolute Gasteiger partial charge is 0.308 e. The lowest BCUT2D eigenvalue weighted by Gasteiger charge is -2.23. The normalized spacial score (nSPS) is 21.9. The van der Waals surface area contributed by atoms with Gasteiger partial charge in [-0.3, -0.25) is 9.59 Å². The summed E-state index contributed by atoms with van der Waals surface area (Å²) in [5, 5.41) is 10.1. The van der Waals surface area contributed by atoms with Crippen LogP contribution in [0.5, 0.6) is 0 Å². The number of amides is 1. The van der Waals surface area contributed by atoms with Gasteiger partial charge in [0.05, 0.1) is 5.92 Å². The second-order valence-electron chi connectivity index (χ2n) is 7.14. The van der Waals surface area contributed by atoms with Crippen molar-refractivity contribution in [3.05, 3.63) is 34.9 Å². The Labute approximate surface area is 136 Å². The summed E-state index contributed by atoms with van der Waals surface area (Å²) in [6, 6.07) is 7.21. The average Bonchev–Trinajstić information content (AvgIpc) is 2.83. The number of aliphatic carboxylic acids is 1. The second kappa shape index (κ2) is 6.29. The molecular weight excluding hydrogens is 302 g/mol. The molecule has 0 aromatic heterocycles. The Morgan fingerprint density at radius 1 is 1.23 bits per heavy atom. The van der Waals surface area contributed by atoms with E-state index in [1.165, 1.54) is 0 Å². The molecule has 1 aliphatic rings. The summed E-state index contributed by atoms with van der Waals surface area (Å²) in [6.07, 6.45) is 0.423. The van der Waals surface area contributed by atoms with Gasteiger partial charge in [0.2, 0.25) is 5.91 Å². The number of hydrogen-bond donors (Lipinski definition) is 1. The van der Waals surface area contributed by atoms with Gasteiger partial charge in [0.25, 0.3) is 0 Å². The van der Waals surface area contributed by atoms with Gasteiger partial charge in [0.15, 0.2) is 0 Å². The lowest BCUT2D eigenvalue weighted by atomic mass is 9.89. The van der Waals surface area contributed by atoms with Crippen molar-refractivity contribution in [2.24, 2.45) is 11.3 Å². The number of carboxylic acids is 1. The topological polar surface area (TPSA) is 57.6 Å². The van der Waals surface area contributed by atoms with Crippen LogP contribution >= 0.6 is 11.6 Å². The molecule has 120 valence electrons. The van der Waals surface area contributed by atoms with Gasteiger partial charge in [-0.25, -0.2) is 0 Å². The van der Waals surface area contributed by atoms with Crippen LogP contribution in [0.3, 0.4) is 0 Å². The summed E-state index contributed by atoms with van der Waals surface area (Å²) in [7, 11) is 0. The molecule has 5 heteroatoms. The van der Waals surface area contributed by atoms with E-state index in [2.05, 4.69) is 0 Å². The van der Waals surface area contributed by atoms with E-state index in [-0.39, 0.29) is 23.8 Å². The van der Waals surface area contributed by atoms with Crippen LogP contribution in [-0.2, 0) is 9.59 Å². The molecule has 2 atom stereocenters. The maximum atomic E-state index is 12.4. The highest BCUT2D eigenvalue weighted by atomic mass is 35.5. The molecule has 0 spiro atoms. The molecule has 1 fully saturated rings. The highest BCUT2D eigenvalue weighted by Crippen LogP contribution is 2.34. The Morgan fingerprint density at radius 2 is 1.82 bits per heavy atom. The van der Waals surface area contributed by atoms with Crippen LogP contribution < -0.4 is 0 Å². The van der Waals surface area contributed by atoms with Crippen LogP contribution in [0.25, 0.3) is 0 Å². The van der Waals surface area contributed by atoms with Crippen LogP contribution in [0, 0.1) is 11.3 Å². The van der Waals surface area contributed by atoms with Crippen LogP contribution in [0.15, 0.2) is 24.3 Å². The lowest BCUT2D eigenvalue weighted by Crippen LogP contribution is -2.32. The highest BCUT2D eigenvalue weighted by Gasteiger charge is 2.40. The van der Waals surface area contributed by atoms with Gasteiger partial charge >= 0.3 is 5.97 Å². The zero-order chi connectivity index (χ0) is 16.5. The molecule has 1 saturated heterocycles. The first-order valence-corrected chi connectivity index (χ1v) is 7.81. The number of benzene rings is 1. The summed E-state index contributed by atoms with van der Waals surface area (Å²) < 4.78 is 0. The molecule has 0 bridgehead atoms. The first kappa shape index (κ1) is 16.8. The number of carbonyl (C=O) groups is 2. The second-order valence-corrected chi connectivity index (χ2v) is 7.58. The number of rotatable bonds is 3. The predicted molar refractivity (Wildman–Crippen MR) is 86.0 cm³/mol. The molecular formula is C17H22ClNO3. The van der Waals surface area contributed by atoms with Gasteiger partial charge in [-0.1, -0.05) is 44.5 Å². The Balaban J connectivity index is 2.18. The van der Waals surface area contributed by atoms with E-state index in [1.54, 1.807) is 17.0 Å². The van der Waals surface area contributed by atoms with Gasteiger partial charge in [-0.2, -0.15) is 0 Å². The fourth-order valence-corrected chi connectivity index (χ4v) is 3.00. The average molecular weight is 324 g/mol. The largest absolute Gasteiger partial charge is 0.481 e. The molecule has 0 radical (unpaired) electrons. The van der Waals surface area contributed by atoms with Crippen LogP contribution in [0.2, 0.25) is 5.02 Å².